The van der Waals surface area contributed by atoms with E-state index < -0.39 is 0 Å². The first kappa shape index (κ1) is 31.9. The highest BCUT2D eigenvalue weighted by atomic mass is 16.3. The van der Waals surface area contributed by atoms with Gasteiger partial charge >= 0.3 is 0 Å². The van der Waals surface area contributed by atoms with Crippen LogP contribution in [0.2, 0.25) is 0 Å². The number of hydrogen-bond acceptors (Lipinski definition) is 5. The van der Waals surface area contributed by atoms with Gasteiger partial charge in [0.05, 0.1) is 0 Å². The Morgan fingerprint density at radius 3 is 1.41 bits per heavy atom. The summed E-state index contributed by atoms with van der Waals surface area (Å²) in [6.07, 6.45) is 0. The summed E-state index contributed by atoms with van der Waals surface area (Å²) in [5, 5.41) is 4.26. The Hall–Kier alpha value is -7.63. The predicted octanol–water partition coefficient (Wildman–Crippen LogP) is 13.7. The first-order chi connectivity index (χ1) is 27.7. The van der Waals surface area contributed by atoms with Gasteiger partial charge in [-0.15, -0.1) is 0 Å². The van der Waals surface area contributed by atoms with Crippen LogP contribution < -0.4 is 0 Å². The molecule has 8 aromatic carbocycles. The zero-order valence-corrected chi connectivity index (χ0v) is 30.1. The SMILES string of the molecule is c1ccc(-c2ccc3c(c2)oc2cccc(-c4ccc(-c5ccc(-c6nc(-c7ccccc7)nc(-c7cccc8oc9ccccc9c78)n6)cc5)cc4)c23)cc1. The molecule has 56 heavy (non-hydrogen) atoms. The summed E-state index contributed by atoms with van der Waals surface area (Å²) in [4.78, 5) is 15.1. The molecule has 3 aromatic heterocycles. The van der Waals surface area contributed by atoms with Crippen LogP contribution in [0.4, 0.5) is 0 Å². The second kappa shape index (κ2) is 13.0. The monoisotopic (exact) mass is 717 g/mol. The third kappa shape index (κ3) is 5.45. The minimum Gasteiger partial charge on any atom is -0.456 e. The average Bonchev–Trinajstić information content (AvgIpc) is 3.85. The van der Waals surface area contributed by atoms with Crippen molar-refractivity contribution in [1.29, 1.82) is 0 Å². The van der Waals surface area contributed by atoms with Gasteiger partial charge in [-0.3, -0.25) is 0 Å². The highest BCUT2D eigenvalue weighted by Crippen LogP contribution is 2.40. The van der Waals surface area contributed by atoms with E-state index in [0.717, 1.165) is 88.4 Å². The van der Waals surface area contributed by atoms with Crippen molar-refractivity contribution in [2.75, 3.05) is 0 Å². The summed E-state index contributed by atoms with van der Waals surface area (Å²) in [7, 11) is 0. The lowest BCUT2D eigenvalue weighted by atomic mass is 9.96. The van der Waals surface area contributed by atoms with Crippen molar-refractivity contribution >= 4 is 43.9 Å². The summed E-state index contributed by atoms with van der Waals surface area (Å²) >= 11 is 0. The lowest BCUT2D eigenvalue weighted by molar-refractivity contribution is 0.668. The molecule has 0 saturated heterocycles. The first-order valence-electron chi connectivity index (χ1n) is 18.7. The van der Waals surface area contributed by atoms with Crippen LogP contribution in [-0.2, 0) is 0 Å². The quantitative estimate of drug-likeness (QED) is 0.171. The Balaban J connectivity index is 0.942. The normalized spacial score (nSPS) is 11.6. The van der Waals surface area contributed by atoms with E-state index in [1.54, 1.807) is 0 Å². The van der Waals surface area contributed by atoms with Gasteiger partial charge in [-0.25, -0.2) is 15.0 Å². The van der Waals surface area contributed by atoms with Crippen LogP contribution >= 0.6 is 0 Å². The number of aromatic nitrogens is 3. The standard InChI is InChI=1S/C51H31N3O2/c1-3-11-32(12-4-1)38-29-30-41-46(31-38)56-44-19-9-16-39(47(41)44)35-25-21-33(22-26-35)34-23-27-37(28-24-34)50-52-49(36-13-5-2-6-14-36)53-51(54-50)42-17-10-20-45-48(42)40-15-7-8-18-43(40)55-45/h1-31H. The van der Waals surface area contributed by atoms with Gasteiger partial charge in [-0.2, -0.15) is 0 Å². The van der Waals surface area contributed by atoms with Gasteiger partial charge in [-0.1, -0.05) is 158 Å². The van der Waals surface area contributed by atoms with Crippen LogP contribution in [0.15, 0.2) is 197 Å². The van der Waals surface area contributed by atoms with Crippen LogP contribution in [0.3, 0.4) is 0 Å². The molecular weight excluding hydrogens is 687 g/mol. The number of furan rings is 2. The minimum absolute atomic E-state index is 0.600. The number of para-hydroxylation sites is 1. The Morgan fingerprint density at radius 1 is 0.268 bits per heavy atom. The van der Waals surface area contributed by atoms with Gasteiger partial charge in [0.1, 0.15) is 22.3 Å². The van der Waals surface area contributed by atoms with Crippen LogP contribution in [-0.4, -0.2) is 15.0 Å². The number of fused-ring (bicyclic) bond motifs is 6. The van der Waals surface area contributed by atoms with Crippen molar-refractivity contribution in [3.63, 3.8) is 0 Å². The molecule has 0 saturated carbocycles. The summed E-state index contributed by atoms with van der Waals surface area (Å²) in [5.74, 6) is 1.83. The third-order valence-electron chi connectivity index (χ3n) is 10.6. The molecule has 0 fully saturated rings. The molecule has 0 amide bonds. The summed E-state index contributed by atoms with van der Waals surface area (Å²) in [6.45, 7) is 0. The fourth-order valence-electron chi connectivity index (χ4n) is 7.83. The van der Waals surface area contributed by atoms with Gasteiger partial charge in [0.15, 0.2) is 17.5 Å². The summed E-state index contributed by atoms with van der Waals surface area (Å²) in [6, 6.07) is 64.6. The van der Waals surface area contributed by atoms with E-state index in [0.29, 0.717) is 17.5 Å². The van der Waals surface area contributed by atoms with Crippen LogP contribution in [0.25, 0.3) is 111 Å². The lowest BCUT2D eigenvalue weighted by Gasteiger charge is -2.10. The van der Waals surface area contributed by atoms with E-state index in [9.17, 15) is 0 Å². The van der Waals surface area contributed by atoms with Crippen molar-refractivity contribution in [1.82, 2.24) is 15.0 Å². The summed E-state index contributed by atoms with van der Waals surface area (Å²) < 4.78 is 12.6. The number of hydrogen-bond donors (Lipinski definition) is 0. The van der Waals surface area contributed by atoms with Crippen LogP contribution in [0.5, 0.6) is 0 Å². The minimum atomic E-state index is 0.600. The largest absolute Gasteiger partial charge is 0.456 e. The van der Waals surface area contributed by atoms with Gasteiger partial charge < -0.3 is 8.83 Å². The Morgan fingerprint density at radius 2 is 0.714 bits per heavy atom. The van der Waals surface area contributed by atoms with Gasteiger partial charge in [0.2, 0.25) is 0 Å². The maximum Gasteiger partial charge on any atom is 0.164 e. The van der Waals surface area contributed by atoms with Crippen molar-refractivity contribution < 1.29 is 8.83 Å². The average molecular weight is 718 g/mol. The van der Waals surface area contributed by atoms with Gasteiger partial charge in [0.25, 0.3) is 0 Å². The maximum atomic E-state index is 6.40. The molecule has 0 bridgehead atoms. The highest BCUT2D eigenvalue weighted by molar-refractivity contribution is 6.13. The Bertz CT molecular complexity index is 3220. The van der Waals surface area contributed by atoms with Gasteiger partial charge in [0, 0.05) is 38.2 Å². The predicted molar refractivity (Wildman–Crippen MR) is 227 cm³/mol. The molecule has 3 heterocycles. The topological polar surface area (TPSA) is 65.0 Å². The lowest BCUT2D eigenvalue weighted by Crippen LogP contribution is -2.00. The van der Waals surface area contributed by atoms with E-state index in [1.165, 1.54) is 5.56 Å². The third-order valence-corrected chi connectivity index (χ3v) is 10.6. The molecule has 0 radical (unpaired) electrons. The Kier molecular flexibility index (Phi) is 7.42. The molecule has 5 nitrogen and oxygen atoms in total. The zero-order chi connectivity index (χ0) is 37.0. The second-order valence-electron chi connectivity index (χ2n) is 14.0. The molecule has 11 rings (SSSR count). The molecule has 262 valence electrons. The van der Waals surface area contributed by atoms with Crippen molar-refractivity contribution in [2.24, 2.45) is 0 Å². The molecule has 0 aliphatic rings. The molecule has 0 aliphatic carbocycles. The molecular formula is C51H31N3O2. The van der Waals surface area contributed by atoms with Crippen molar-refractivity contribution in [3.05, 3.63) is 188 Å². The fourth-order valence-corrected chi connectivity index (χ4v) is 7.83. The molecule has 0 spiro atoms. The number of benzene rings is 8. The van der Waals surface area contributed by atoms with Crippen molar-refractivity contribution in [3.8, 4) is 67.5 Å². The molecule has 0 atom stereocenters. The zero-order valence-electron chi connectivity index (χ0n) is 30.1. The van der Waals surface area contributed by atoms with Crippen LogP contribution in [0, 0.1) is 0 Å². The number of rotatable bonds is 6. The first-order valence-corrected chi connectivity index (χ1v) is 18.7. The molecule has 0 aliphatic heterocycles. The van der Waals surface area contributed by atoms with E-state index in [2.05, 4.69) is 121 Å². The Labute approximate surface area is 322 Å². The molecule has 11 aromatic rings. The maximum absolute atomic E-state index is 6.40. The summed E-state index contributed by atoms with van der Waals surface area (Å²) in [5.41, 5.74) is 13.0. The number of nitrogens with zero attached hydrogens (tertiary/aromatic N) is 3. The second-order valence-corrected chi connectivity index (χ2v) is 14.0. The van der Waals surface area contributed by atoms with Crippen molar-refractivity contribution in [2.45, 2.75) is 0 Å². The van der Waals surface area contributed by atoms with E-state index in [4.69, 9.17) is 23.8 Å². The molecule has 0 N–H and O–H groups in total. The van der Waals surface area contributed by atoms with Crippen LogP contribution in [0.1, 0.15) is 0 Å². The smallest absolute Gasteiger partial charge is 0.164 e. The van der Waals surface area contributed by atoms with E-state index in [1.807, 2.05) is 66.7 Å². The van der Waals surface area contributed by atoms with E-state index in [-0.39, 0.29) is 0 Å². The van der Waals surface area contributed by atoms with E-state index >= 15 is 0 Å². The fraction of sp³-hybridized carbons (Fsp3) is 0. The molecule has 5 heteroatoms. The molecule has 0 unspecified atom stereocenters. The van der Waals surface area contributed by atoms with Gasteiger partial charge in [-0.05, 0) is 63.7 Å². The highest BCUT2D eigenvalue weighted by Gasteiger charge is 2.18.